The molecule has 3 aromatic heterocycles. The first-order chi connectivity index (χ1) is 17.1. The summed E-state index contributed by atoms with van der Waals surface area (Å²) in [6, 6.07) is 15.6. The van der Waals surface area contributed by atoms with Gasteiger partial charge in [0.2, 0.25) is 0 Å². The smallest absolute Gasteiger partial charge is 0.140 e. The quantitative estimate of drug-likeness (QED) is 0.368. The van der Waals surface area contributed by atoms with Gasteiger partial charge in [0.15, 0.2) is 0 Å². The Morgan fingerprint density at radius 3 is 2.77 bits per heavy atom. The van der Waals surface area contributed by atoms with E-state index in [1.54, 1.807) is 12.3 Å². The van der Waals surface area contributed by atoms with Crippen molar-refractivity contribution in [3.63, 3.8) is 0 Å². The van der Waals surface area contributed by atoms with Gasteiger partial charge >= 0.3 is 0 Å². The van der Waals surface area contributed by atoms with E-state index in [0.717, 1.165) is 66.4 Å². The van der Waals surface area contributed by atoms with Crippen LogP contribution < -0.4 is 5.32 Å². The molecule has 1 fully saturated rings. The average molecular weight is 485 g/mol. The maximum Gasteiger partial charge on any atom is 0.140 e. The van der Waals surface area contributed by atoms with E-state index in [1.807, 2.05) is 55.6 Å². The number of aryl methyl sites for hydroxylation is 1. The Morgan fingerprint density at radius 1 is 1.14 bits per heavy atom. The third-order valence-electron chi connectivity index (χ3n) is 6.19. The fourth-order valence-electron chi connectivity index (χ4n) is 4.54. The van der Waals surface area contributed by atoms with Crippen LogP contribution in [0.2, 0.25) is 5.02 Å². The highest BCUT2D eigenvalue weighted by atomic mass is 35.5. The number of nitrogens with one attached hydrogen (secondary N) is 2. The molecular weight excluding hydrogens is 460 g/mol. The second-order valence-electron chi connectivity index (χ2n) is 8.65. The molecule has 35 heavy (non-hydrogen) atoms. The summed E-state index contributed by atoms with van der Waals surface area (Å²) in [5, 5.41) is 20.5. The van der Waals surface area contributed by atoms with Crippen LogP contribution in [0, 0.1) is 18.3 Å². The molecule has 0 amide bonds. The predicted molar refractivity (Wildman–Crippen MR) is 135 cm³/mol. The molecule has 1 aliphatic heterocycles. The normalized spacial score (nSPS) is 16.1. The van der Waals surface area contributed by atoms with Gasteiger partial charge in [-0.3, -0.25) is 10.00 Å². The van der Waals surface area contributed by atoms with Gasteiger partial charge in [-0.2, -0.15) is 10.4 Å². The highest BCUT2D eigenvalue weighted by Crippen LogP contribution is 2.34. The van der Waals surface area contributed by atoms with Crippen LogP contribution in [0.1, 0.15) is 48.1 Å². The van der Waals surface area contributed by atoms with E-state index < -0.39 is 0 Å². The summed E-state index contributed by atoms with van der Waals surface area (Å²) < 4.78 is 0. The first-order valence-electron chi connectivity index (χ1n) is 11.6. The van der Waals surface area contributed by atoms with Crippen LogP contribution in [0.25, 0.3) is 11.3 Å². The second kappa shape index (κ2) is 10.2. The van der Waals surface area contributed by atoms with Crippen LogP contribution in [0.15, 0.2) is 54.9 Å². The molecule has 9 heteroatoms. The number of H-pyrrole nitrogens is 1. The summed E-state index contributed by atoms with van der Waals surface area (Å²) in [4.78, 5) is 16.0. The van der Waals surface area contributed by atoms with Crippen LogP contribution in [0.4, 0.5) is 11.5 Å². The summed E-state index contributed by atoms with van der Waals surface area (Å²) in [6.45, 7) is 3.67. The molecule has 176 valence electrons. The lowest BCUT2D eigenvalue weighted by molar-refractivity contribution is 0.137. The number of benzene rings is 1. The van der Waals surface area contributed by atoms with Gasteiger partial charge in [0.1, 0.15) is 23.4 Å². The summed E-state index contributed by atoms with van der Waals surface area (Å²) >= 11 is 6.08. The van der Waals surface area contributed by atoms with Gasteiger partial charge in [0.25, 0.3) is 0 Å². The number of nitriles is 1. The number of anilines is 2. The van der Waals surface area contributed by atoms with Crippen molar-refractivity contribution in [3.8, 4) is 17.3 Å². The van der Waals surface area contributed by atoms with E-state index >= 15 is 0 Å². The number of halogens is 1. The Bertz CT molecular complexity index is 1340. The lowest BCUT2D eigenvalue weighted by Gasteiger charge is -2.35. The van der Waals surface area contributed by atoms with Crippen LogP contribution in [0.3, 0.4) is 0 Å². The molecule has 5 rings (SSSR count). The minimum Gasteiger partial charge on any atom is -0.339 e. The van der Waals surface area contributed by atoms with Gasteiger partial charge in [0, 0.05) is 23.2 Å². The number of hydrogen-bond acceptors (Lipinski definition) is 7. The van der Waals surface area contributed by atoms with E-state index in [1.165, 1.54) is 0 Å². The van der Waals surface area contributed by atoms with Crippen molar-refractivity contribution in [1.29, 1.82) is 5.26 Å². The van der Waals surface area contributed by atoms with E-state index in [0.29, 0.717) is 16.5 Å². The van der Waals surface area contributed by atoms with Gasteiger partial charge in [-0.25, -0.2) is 15.0 Å². The molecule has 0 radical (unpaired) electrons. The Labute approximate surface area is 209 Å². The van der Waals surface area contributed by atoms with E-state index in [9.17, 15) is 0 Å². The molecule has 0 aliphatic carbocycles. The van der Waals surface area contributed by atoms with Crippen molar-refractivity contribution in [3.05, 3.63) is 82.7 Å². The third-order valence-corrected chi connectivity index (χ3v) is 6.44. The lowest BCUT2D eigenvalue weighted by atomic mass is 9.97. The van der Waals surface area contributed by atoms with E-state index in [-0.39, 0.29) is 6.04 Å². The van der Waals surface area contributed by atoms with Crippen molar-refractivity contribution in [2.24, 2.45) is 0 Å². The highest BCUT2D eigenvalue weighted by Gasteiger charge is 2.27. The van der Waals surface area contributed by atoms with Gasteiger partial charge in [-0.15, -0.1) is 0 Å². The Balaban J connectivity index is 1.39. The fourth-order valence-corrected chi connectivity index (χ4v) is 4.66. The maximum absolute atomic E-state index is 8.98. The molecule has 0 spiro atoms. The molecule has 1 aliphatic rings. The van der Waals surface area contributed by atoms with Crippen molar-refractivity contribution in [2.75, 3.05) is 11.9 Å². The topological polar surface area (TPSA) is 106 Å². The summed E-state index contributed by atoms with van der Waals surface area (Å²) in [5.41, 5.74) is 5.38. The standard InChI is InChI=1S/C26H25ClN8/c1-17-31-23(12-25(32-17)33-22-10-9-21(13-28)29-15-22)24-4-2-3-11-35(24)16-19-14-30-34-26(19)18-5-7-20(27)8-6-18/h5-10,12,14-15,24H,2-4,11,16H2,1H3,(H,30,34)(H,31,32,33). The summed E-state index contributed by atoms with van der Waals surface area (Å²) in [7, 11) is 0. The van der Waals surface area contributed by atoms with E-state index in [2.05, 4.69) is 30.4 Å². The number of nitrogens with zero attached hydrogens (tertiary/aromatic N) is 6. The van der Waals surface area contributed by atoms with E-state index in [4.69, 9.17) is 21.8 Å². The molecule has 4 heterocycles. The molecule has 1 atom stereocenters. The minimum absolute atomic E-state index is 0.179. The Morgan fingerprint density at radius 2 is 2.00 bits per heavy atom. The average Bonchev–Trinajstić information content (AvgIpc) is 3.33. The fraction of sp³-hybridized carbons (Fsp3) is 0.269. The molecule has 1 unspecified atom stereocenters. The molecule has 1 saturated heterocycles. The van der Waals surface area contributed by atoms with Gasteiger partial charge < -0.3 is 5.32 Å². The lowest BCUT2D eigenvalue weighted by Crippen LogP contribution is -2.33. The Hall–Kier alpha value is -3.80. The Kier molecular flexibility index (Phi) is 6.70. The van der Waals surface area contributed by atoms with Crippen LogP contribution in [-0.2, 0) is 6.54 Å². The summed E-state index contributed by atoms with van der Waals surface area (Å²) in [6.07, 6.45) is 6.88. The molecule has 1 aromatic carbocycles. The minimum atomic E-state index is 0.179. The third kappa shape index (κ3) is 5.32. The largest absolute Gasteiger partial charge is 0.339 e. The van der Waals surface area contributed by atoms with Crippen molar-refractivity contribution < 1.29 is 0 Å². The number of hydrogen-bond donors (Lipinski definition) is 2. The first-order valence-corrected chi connectivity index (χ1v) is 12.0. The second-order valence-corrected chi connectivity index (χ2v) is 9.09. The van der Waals surface area contributed by atoms with Crippen LogP contribution in [0.5, 0.6) is 0 Å². The van der Waals surface area contributed by atoms with Gasteiger partial charge in [-0.1, -0.05) is 30.2 Å². The number of rotatable bonds is 6. The molecule has 8 nitrogen and oxygen atoms in total. The van der Waals surface area contributed by atoms with Crippen LogP contribution in [-0.4, -0.2) is 36.6 Å². The number of likely N-dealkylation sites (tertiary alicyclic amines) is 1. The maximum atomic E-state index is 8.98. The number of pyridine rings is 1. The first kappa shape index (κ1) is 23.0. The molecular formula is C26H25ClN8. The molecule has 0 bridgehead atoms. The van der Waals surface area contributed by atoms with Crippen molar-refractivity contribution in [2.45, 2.75) is 38.8 Å². The van der Waals surface area contributed by atoms with Gasteiger partial charge in [-0.05, 0) is 56.1 Å². The summed E-state index contributed by atoms with van der Waals surface area (Å²) in [5.74, 6) is 1.43. The predicted octanol–water partition coefficient (Wildman–Crippen LogP) is 5.57. The van der Waals surface area contributed by atoms with Gasteiger partial charge in [0.05, 0.1) is 35.5 Å². The zero-order chi connectivity index (χ0) is 24.2. The monoisotopic (exact) mass is 484 g/mol. The zero-order valence-corrected chi connectivity index (χ0v) is 20.1. The van der Waals surface area contributed by atoms with Crippen LogP contribution >= 0.6 is 11.6 Å². The zero-order valence-electron chi connectivity index (χ0n) is 19.4. The van der Waals surface area contributed by atoms with Crippen molar-refractivity contribution in [1.82, 2.24) is 30.0 Å². The number of aromatic amines is 1. The molecule has 4 aromatic rings. The number of piperidine rings is 1. The van der Waals surface area contributed by atoms with Crippen molar-refractivity contribution >= 4 is 23.1 Å². The molecule has 2 N–H and O–H groups in total. The highest BCUT2D eigenvalue weighted by molar-refractivity contribution is 6.30. The SMILES string of the molecule is Cc1nc(Nc2ccc(C#N)nc2)cc(C2CCCCN2Cc2cn[nH]c2-c2ccc(Cl)cc2)n1. The molecule has 0 saturated carbocycles. The number of aromatic nitrogens is 5.